The molecule has 0 saturated heterocycles. The van der Waals surface area contributed by atoms with Crippen LogP contribution >= 0.6 is 0 Å². The normalized spacial score (nSPS) is 51.3. The summed E-state index contributed by atoms with van der Waals surface area (Å²) in [4.78, 5) is 24.4. The van der Waals surface area contributed by atoms with E-state index in [1.54, 1.807) is 12.2 Å². The fourth-order valence-electron chi connectivity index (χ4n) is 7.34. The van der Waals surface area contributed by atoms with Crippen LogP contribution in [0, 0.1) is 34.5 Å². The number of ketones is 2. The van der Waals surface area contributed by atoms with E-state index in [4.69, 9.17) is 0 Å². The quantitative estimate of drug-likeness (QED) is 0.685. The number of hydrogen-bond acceptors (Lipinski definition) is 5. The third-order valence-electron chi connectivity index (χ3n) is 8.57. The molecule has 0 aromatic carbocycles. The molecule has 27 heavy (non-hydrogen) atoms. The number of carbonyl (C=O) groups excluding carboxylic acids is 2. The van der Waals surface area contributed by atoms with Crippen LogP contribution in [0.4, 0.5) is 0 Å². The molecular formula is C22H30O5. The molecule has 3 fully saturated rings. The smallest absolute Gasteiger partial charge is 0.190 e. The van der Waals surface area contributed by atoms with Gasteiger partial charge in [-0.25, -0.2) is 0 Å². The van der Waals surface area contributed by atoms with E-state index in [2.05, 4.69) is 13.8 Å². The van der Waals surface area contributed by atoms with E-state index in [0.717, 1.165) is 18.4 Å². The number of allylic oxidation sites excluding steroid dienone is 4. The summed E-state index contributed by atoms with van der Waals surface area (Å²) in [6, 6.07) is 0. The highest BCUT2D eigenvalue weighted by molar-refractivity contribution is 6.01. The third kappa shape index (κ3) is 2.28. The highest BCUT2D eigenvalue weighted by Gasteiger charge is 2.68. The average molecular weight is 374 g/mol. The number of Topliss-reactive ketones (excluding diaryl/α,β-unsaturated/α-hetero) is 1. The van der Waals surface area contributed by atoms with Crippen LogP contribution in [0.25, 0.3) is 0 Å². The first kappa shape index (κ1) is 19.0. The SMILES string of the molecule is C[C@@H]1C[C@H]2[C@@H]([C@@H](O)C[C@]3(C)[C@H]2CC[C@]3(O)C(=O)CO)[C@@]2(C)C=CC(=O)C=C12. The topological polar surface area (TPSA) is 94.8 Å². The van der Waals surface area contributed by atoms with Crippen LogP contribution < -0.4 is 0 Å². The Bertz CT molecular complexity index is 754. The van der Waals surface area contributed by atoms with Crippen LogP contribution in [0.15, 0.2) is 23.8 Å². The minimum atomic E-state index is -1.57. The molecule has 5 heteroatoms. The Morgan fingerprint density at radius 1 is 1.33 bits per heavy atom. The van der Waals surface area contributed by atoms with E-state index in [9.17, 15) is 24.9 Å². The second-order valence-corrected chi connectivity index (χ2v) is 9.72. The fourth-order valence-corrected chi connectivity index (χ4v) is 7.34. The van der Waals surface area contributed by atoms with Gasteiger partial charge in [0.2, 0.25) is 0 Å². The first-order valence-corrected chi connectivity index (χ1v) is 10.1. The monoisotopic (exact) mass is 374 g/mol. The van der Waals surface area contributed by atoms with Gasteiger partial charge in [0.05, 0.1) is 6.10 Å². The molecule has 0 spiro atoms. The highest BCUT2D eigenvalue weighted by Crippen LogP contribution is 2.67. The summed E-state index contributed by atoms with van der Waals surface area (Å²) in [7, 11) is 0. The van der Waals surface area contributed by atoms with Crippen molar-refractivity contribution in [3.05, 3.63) is 23.8 Å². The number of carbonyl (C=O) groups is 2. The largest absolute Gasteiger partial charge is 0.393 e. The van der Waals surface area contributed by atoms with Crippen LogP contribution in [-0.4, -0.2) is 45.2 Å². The van der Waals surface area contributed by atoms with Gasteiger partial charge in [0.15, 0.2) is 11.6 Å². The van der Waals surface area contributed by atoms with Crippen molar-refractivity contribution in [1.29, 1.82) is 0 Å². The van der Waals surface area contributed by atoms with Crippen LogP contribution in [0.1, 0.15) is 46.5 Å². The zero-order chi connectivity index (χ0) is 19.8. The lowest BCUT2D eigenvalue weighted by Gasteiger charge is -2.60. The molecule has 3 saturated carbocycles. The van der Waals surface area contributed by atoms with E-state index in [0.29, 0.717) is 12.8 Å². The zero-order valence-corrected chi connectivity index (χ0v) is 16.3. The first-order chi connectivity index (χ1) is 12.6. The summed E-state index contributed by atoms with van der Waals surface area (Å²) >= 11 is 0. The minimum Gasteiger partial charge on any atom is -0.393 e. The van der Waals surface area contributed by atoms with Crippen molar-refractivity contribution >= 4 is 11.6 Å². The van der Waals surface area contributed by atoms with Crippen molar-refractivity contribution in [3.8, 4) is 0 Å². The predicted molar refractivity (Wildman–Crippen MR) is 99.6 cm³/mol. The second-order valence-electron chi connectivity index (χ2n) is 9.72. The summed E-state index contributed by atoms with van der Waals surface area (Å²) in [5.74, 6) is -0.0768. The van der Waals surface area contributed by atoms with Crippen molar-refractivity contribution in [3.63, 3.8) is 0 Å². The number of hydrogen-bond donors (Lipinski definition) is 3. The van der Waals surface area contributed by atoms with Gasteiger partial charge in [-0.05, 0) is 55.6 Å². The summed E-state index contributed by atoms with van der Waals surface area (Å²) in [6.45, 7) is 5.48. The average Bonchev–Trinajstić information content (AvgIpc) is 2.87. The Hall–Kier alpha value is -1.30. The highest BCUT2D eigenvalue weighted by atomic mass is 16.3. The van der Waals surface area contributed by atoms with Crippen LogP contribution in [-0.2, 0) is 9.59 Å². The van der Waals surface area contributed by atoms with Gasteiger partial charge in [-0.2, -0.15) is 0 Å². The van der Waals surface area contributed by atoms with Crippen molar-refractivity contribution in [2.24, 2.45) is 34.5 Å². The van der Waals surface area contributed by atoms with E-state index in [1.807, 2.05) is 13.0 Å². The maximum atomic E-state index is 12.4. The zero-order valence-electron chi connectivity index (χ0n) is 16.3. The molecule has 0 aromatic heterocycles. The molecule has 0 radical (unpaired) electrons. The molecule has 4 aliphatic carbocycles. The minimum absolute atomic E-state index is 0.00620. The van der Waals surface area contributed by atoms with Gasteiger partial charge >= 0.3 is 0 Å². The van der Waals surface area contributed by atoms with Gasteiger partial charge in [-0.3, -0.25) is 9.59 Å². The molecule has 0 heterocycles. The molecule has 0 bridgehead atoms. The standard InChI is InChI=1S/C22H30O5/c1-12-8-14-15-5-7-22(27,18(26)11-23)21(15,3)10-17(25)19(14)20(2)6-4-13(24)9-16(12)20/h4,6,9,12,14-15,17,19,23,25,27H,5,7-8,10-11H2,1-3H3/t12-,14-,15+,17+,19+,20+,21-,22+/m1/s1. The number of aliphatic hydroxyl groups excluding tert-OH is 2. The van der Waals surface area contributed by atoms with Crippen LogP contribution in [0.3, 0.4) is 0 Å². The molecule has 0 aromatic rings. The molecule has 0 unspecified atom stereocenters. The van der Waals surface area contributed by atoms with Crippen molar-refractivity contribution in [2.75, 3.05) is 6.61 Å². The Morgan fingerprint density at radius 2 is 2.04 bits per heavy atom. The summed E-state index contributed by atoms with van der Waals surface area (Å²) in [5.41, 5.74) is -1.59. The second kappa shape index (κ2) is 5.85. The summed E-state index contributed by atoms with van der Waals surface area (Å²) < 4.78 is 0. The molecule has 4 rings (SSSR count). The van der Waals surface area contributed by atoms with Gasteiger partial charge in [-0.1, -0.05) is 32.4 Å². The Kier molecular flexibility index (Phi) is 4.12. The molecule has 148 valence electrons. The number of aliphatic hydroxyl groups is 3. The Morgan fingerprint density at radius 3 is 2.70 bits per heavy atom. The molecule has 5 nitrogen and oxygen atoms in total. The third-order valence-corrected chi connectivity index (χ3v) is 8.57. The lowest BCUT2D eigenvalue weighted by Crippen LogP contribution is -2.62. The van der Waals surface area contributed by atoms with Gasteiger partial charge < -0.3 is 15.3 Å². The molecule has 0 amide bonds. The molecule has 8 atom stereocenters. The maximum Gasteiger partial charge on any atom is 0.190 e. The lowest BCUT2D eigenvalue weighted by molar-refractivity contribution is -0.180. The van der Waals surface area contributed by atoms with Crippen LogP contribution in [0.5, 0.6) is 0 Å². The fraction of sp³-hybridized carbons (Fsp3) is 0.727. The van der Waals surface area contributed by atoms with Gasteiger partial charge in [0.25, 0.3) is 0 Å². The van der Waals surface area contributed by atoms with E-state index in [-0.39, 0.29) is 34.9 Å². The predicted octanol–water partition coefficient (Wildman–Crippen LogP) is 1.80. The van der Waals surface area contributed by atoms with Gasteiger partial charge in [0.1, 0.15) is 12.2 Å². The van der Waals surface area contributed by atoms with Gasteiger partial charge in [0, 0.05) is 16.7 Å². The van der Waals surface area contributed by atoms with E-state index >= 15 is 0 Å². The summed E-state index contributed by atoms with van der Waals surface area (Å²) in [6.07, 6.45) is 6.87. The molecule has 0 aliphatic heterocycles. The molecular weight excluding hydrogens is 344 g/mol. The van der Waals surface area contributed by atoms with Crippen LogP contribution in [0.2, 0.25) is 0 Å². The molecule has 3 N–H and O–H groups in total. The maximum absolute atomic E-state index is 12.4. The van der Waals surface area contributed by atoms with Crippen molar-refractivity contribution in [2.45, 2.75) is 58.2 Å². The number of rotatable bonds is 2. The lowest BCUT2D eigenvalue weighted by atomic mass is 9.45. The number of fused-ring (bicyclic) bond motifs is 5. The summed E-state index contributed by atoms with van der Waals surface area (Å²) in [5, 5.41) is 31.9. The Balaban J connectivity index is 1.78. The van der Waals surface area contributed by atoms with Gasteiger partial charge in [-0.15, -0.1) is 0 Å². The van der Waals surface area contributed by atoms with Crippen molar-refractivity contribution < 1.29 is 24.9 Å². The van der Waals surface area contributed by atoms with Crippen molar-refractivity contribution in [1.82, 2.24) is 0 Å². The first-order valence-electron chi connectivity index (χ1n) is 10.1. The van der Waals surface area contributed by atoms with E-state index in [1.165, 1.54) is 0 Å². The van der Waals surface area contributed by atoms with E-state index < -0.39 is 29.5 Å². The Labute approximate surface area is 160 Å². The molecule has 4 aliphatic rings.